The van der Waals surface area contributed by atoms with E-state index in [0.717, 1.165) is 12.1 Å². The van der Waals surface area contributed by atoms with Gasteiger partial charge in [0, 0.05) is 17.1 Å². The molecule has 0 saturated carbocycles. The number of nitrogens with one attached hydrogen (secondary N) is 1. The summed E-state index contributed by atoms with van der Waals surface area (Å²) in [7, 11) is 0. The maximum absolute atomic E-state index is 13.1. The molecule has 0 saturated heterocycles. The second kappa shape index (κ2) is 5.32. The molecular weight excluding hydrogens is 295 g/mol. The van der Waals surface area contributed by atoms with E-state index in [1.54, 1.807) is 19.1 Å². The molecule has 0 aliphatic heterocycles. The Bertz CT molecular complexity index is 811. The van der Waals surface area contributed by atoms with Crippen molar-refractivity contribution in [1.29, 1.82) is 0 Å². The largest absolute Gasteiger partial charge is 0.478 e. The Kier molecular flexibility index (Phi) is 3.48. The maximum atomic E-state index is 13.1. The summed E-state index contributed by atoms with van der Waals surface area (Å²) in [5, 5.41) is 7.00. The van der Waals surface area contributed by atoms with Crippen LogP contribution in [0.15, 0.2) is 36.7 Å². The number of pyridine rings is 1. The molecule has 0 aliphatic carbocycles. The van der Waals surface area contributed by atoms with Gasteiger partial charge in [0.05, 0.1) is 23.9 Å². The summed E-state index contributed by atoms with van der Waals surface area (Å²) in [6.07, 6.45) is -1.41. The quantitative estimate of drug-likeness (QED) is 0.794. The Morgan fingerprint density at radius 2 is 2.05 bits per heavy atom. The third-order valence-corrected chi connectivity index (χ3v) is 3.23. The zero-order valence-electron chi connectivity index (χ0n) is 11.6. The van der Waals surface area contributed by atoms with Crippen molar-refractivity contribution in [3.63, 3.8) is 0 Å². The molecule has 0 unspecified atom stereocenters. The van der Waals surface area contributed by atoms with Crippen LogP contribution in [0.2, 0.25) is 0 Å². The monoisotopic (exact) mass is 307 g/mol. The van der Waals surface area contributed by atoms with Crippen molar-refractivity contribution >= 4 is 10.9 Å². The Morgan fingerprint density at radius 3 is 2.77 bits per heavy atom. The molecule has 3 rings (SSSR count). The van der Waals surface area contributed by atoms with E-state index in [0.29, 0.717) is 34.5 Å². The van der Waals surface area contributed by atoms with Crippen molar-refractivity contribution < 1.29 is 17.9 Å². The Hall–Kier alpha value is -2.57. The van der Waals surface area contributed by atoms with Gasteiger partial charge in [0.15, 0.2) is 0 Å². The van der Waals surface area contributed by atoms with E-state index in [2.05, 4.69) is 15.2 Å². The highest BCUT2D eigenvalue weighted by Crippen LogP contribution is 2.38. The molecule has 0 bridgehead atoms. The smallest absolute Gasteiger partial charge is 0.416 e. The average Bonchev–Trinajstić information content (AvgIpc) is 2.95. The number of aromatic nitrogens is 3. The van der Waals surface area contributed by atoms with Gasteiger partial charge in [-0.05, 0) is 36.8 Å². The van der Waals surface area contributed by atoms with Crippen LogP contribution in [0.25, 0.3) is 22.0 Å². The van der Waals surface area contributed by atoms with Gasteiger partial charge < -0.3 is 4.74 Å². The Balaban J connectivity index is 2.28. The fraction of sp³-hybridized carbons (Fsp3) is 0.200. The van der Waals surface area contributed by atoms with E-state index in [1.807, 2.05) is 0 Å². The number of halogens is 3. The number of alkyl halides is 3. The number of nitrogens with zero attached hydrogens (tertiary/aromatic N) is 2. The van der Waals surface area contributed by atoms with Gasteiger partial charge >= 0.3 is 6.18 Å². The first-order chi connectivity index (χ1) is 10.5. The van der Waals surface area contributed by atoms with Gasteiger partial charge in [0.25, 0.3) is 0 Å². The van der Waals surface area contributed by atoms with Crippen molar-refractivity contribution in [3.05, 3.63) is 42.2 Å². The van der Waals surface area contributed by atoms with E-state index < -0.39 is 11.7 Å². The number of benzene rings is 1. The highest BCUT2D eigenvalue weighted by molar-refractivity contribution is 5.96. The minimum absolute atomic E-state index is 0.298. The van der Waals surface area contributed by atoms with Crippen LogP contribution in [-0.2, 0) is 6.18 Å². The van der Waals surface area contributed by atoms with Crippen LogP contribution in [-0.4, -0.2) is 21.8 Å². The number of H-pyrrole nitrogens is 1. The third-order valence-electron chi connectivity index (χ3n) is 3.23. The van der Waals surface area contributed by atoms with E-state index in [-0.39, 0.29) is 0 Å². The summed E-state index contributed by atoms with van der Waals surface area (Å²) in [4.78, 5) is 4.09. The van der Waals surface area contributed by atoms with Gasteiger partial charge in [-0.1, -0.05) is 0 Å². The SMILES string of the molecule is CCOc1ncccc1-c1cc(C(F)(F)F)cc2[nH]ncc12. The lowest BCUT2D eigenvalue weighted by molar-refractivity contribution is -0.137. The molecule has 3 aromatic rings. The molecule has 7 heteroatoms. The molecule has 1 aromatic carbocycles. The van der Waals surface area contributed by atoms with Crippen LogP contribution in [0, 0.1) is 0 Å². The predicted octanol–water partition coefficient (Wildman–Crippen LogP) is 4.04. The highest BCUT2D eigenvalue weighted by Gasteiger charge is 2.32. The molecule has 0 fully saturated rings. The van der Waals surface area contributed by atoms with E-state index in [4.69, 9.17) is 4.74 Å². The Labute approximate surface area is 123 Å². The molecule has 114 valence electrons. The highest BCUT2D eigenvalue weighted by atomic mass is 19.4. The van der Waals surface area contributed by atoms with Crippen LogP contribution in [0.5, 0.6) is 5.88 Å². The number of fused-ring (bicyclic) bond motifs is 1. The summed E-state index contributed by atoms with van der Waals surface area (Å²) in [5.74, 6) is 0.298. The summed E-state index contributed by atoms with van der Waals surface area (Å²) >= 11 is 0. The molecule has 0 radical (unpaired) electrons. The lowest BCUT2D eigenvalue weighted by atomic mass is 9.99. The molecule has 22 heavy (non-hydrogen) atoms. The summed E-state index contributed by atoms with van der Waals surface area (Å²) < 4.78 is 44.7. The van der Waals surface area contributed by atoms with E-state index in [9.17, 15) is 13.2 Å². The minimum Gasteiger partial charge on any atom is -0.478 e. The molecular formula is C15H12F3N3O. The number of aromatic amines is 1. The van der Waals surface area contributed by atoms with Crippen molar-refractivity contribution in [2.75, 3.05) is 6.61 Å². The van der Waals surface area contributed by atoms with Crippen LogP contribution in [0.4, 0.5) is 13.2 Å². The van der Waals surface area contributed by atoms with Crippen molar-refractivity contribution in [2.24, 2.45) is 0 Å². The summed E-state index contributed by atoms with van der Waals surface area (Å²) in [6, 6.07) is 5.48. The fourth-order valence-electron chi connectivity index (χ4n) is 2.29. The average molecular weight is 307 g/mol. The van der Waals surface area contributed by atoms with Gasteiger partial charge in [-0.25, -0.2) is 4.98 Å². The number of rotatable bonds is 3. The first-order valence-corrected chi connectivity index (χ1v) is 6.63. The van der Waals surface area contributed by atoms with Gasteiger partial charge in [-0.3, -0.25) is 5.10 Å². The number of hydrogen-bond donors (Lipinski definition) is 1. The van der Waals surface area contributed by atoms with E-state index in [1.165, 1.54) is 12.4 Å². The summed E-state index contributed by atoms with van der Waals surface area (Å²) in [6.45, 7) is 2.16. The third kappa shape index (κ3) is 2.49. The molecule has 2 heterocycles. The van der Waals surface area contributed by atoms with Crippen molar-refractivity contribution in [3.8, 4) is 17.0 Å². The zero-order valence-corrected chi connectivity index (χ0v) is 11.6. The van der Waals surface area contributed by atoms with Crippen LogP contribution < -0.4 is 4.74 Å². The molecule has 0 amide bonds. The van der Waals surface area contributed by atoms with Gasteiger partial charge in [0.2, 0.25) is 5.88 Å². The van der Waals surface area contributed by atoms with Crippen LogP contribution in [0.3, 0.4) is 0 Å². The lowest BCUT2D eigenvalue weighted by Gasteiger charge is -2.13. The van der Waals surface area contributed by atoms with Crippen molar-refractivity contribution in [2.45, 2.75) is 13.1 Å². The second-order valence-electron chi connectivity index (χ2n) is 4.64. The van der Waals surface area contributed by atoms with E-state index >= 15 is 0 Å². The molecule has 1 N–H and O–H groups in total. The fourth-order valence-corrected chi connectivity index (χ4v) is 2.29. The molecule has 0 aliphatic rings. The normalized spacial score (nSPS) is 11.8. The molecule has 0 atom stereocenters. The van der Waals surface area contributed by atoms with Gasteiger partial charge in [0.1, 0.15) is 0 Å². The Morgan fingerprint density at radius 1 is 1.23 bits per heavy atom. The molecule has 0 spiro atoms. The zero-order chi connectivity index (χ0) is 15.7. The van der Waals surface area contributed by atoms with Crippen molar-refractivity contribution in [1.82, 2.24) is 15.2 Å². The molecule has 2 aromatic heterocycles. The van der Waals surface area contributed by atoms with Crippen LogP contribution in [0.1, 0.15) is 12.5 Å². The standard InChI is InChI=1S/C15H12F3N3O/c1-2-22-14-10(4-3-5-19-14)11-6-9(15(16,17)18)7-13-12(11)8-20-21-13/h3-8H,2H2,1H3,(H,20,21). The van der Waals surface area contributed by atoms with Gasteiger partial charge in [-0.15, -0.1) is 0 Å². The number of ether oxygens (including phenoxy) is 1. The summed E-state index contributed by atoms with van der Waals surface area (Å²) in [5.41, 5.74) is 0.457. The lowest BCUT2D eigenvalue weighted by Crippen LogP contribution is -2.05. The predicted molar refractivity (Wildman–Crippen MR) is 75.5 cm³/mol. The molecule has 4 nitrogen and oxygen atoms in total. The van der Waals surface area contributed by atoms with Crippen LogP contribution >= 0.6 is 0 Å². The second-order valence-corrected chi connectivity index (χ2v) is 4.64. The first-order valence-electron chi connectivity index (χ1n) is 6.63. The number of hydrogen-bond acceptors (Lipinski definition) is 3. The maximum Gasteiger partial charge on any atom is 0.416 e. The topological polar surface area (TPSA) is 50.8 Å². The minimum atomic E-state index is -4.44. The first kappa shape index (κ1) is 14.4. The van der Waals surface area contributed by atoms with Gasteiger partial charge in [-0.2, -0.15) is 18.3 Å².